The van der Waals surface area contributed by atoms with Gasteiger partial charge in [-0.15, -0.1) is 11.6 Å². The molecule has 0 aliphatic heterocycles. The molecule has 122 valence electrons. The number of carbonyl (C=O) groups excluding carboxylic acids is 3. The summed E-state index contributed by atoms with van der Waals surface area (Å²) in [5, 5.41) is 2.74. The lowest BCUT2D eigenvalue weighted by molar-refractivity contribution is -0.127. The van der Waals surface area contributed by atoms with Crippen LogP contribution in [0, 0.1) is 0 Å². The number of nitrogens with zero attached hydrogens (tertiary/aromatic N) is 1. The van der Waals surface area contributed by atoms with Crippen molar-refractivity contribution in [2.45, 2.75) is 0 Å². The second kappa shape index (κ2) is 7.39. The molecule has 1 N–H and O–H groups in total. The number of rotatable bonds is 6. The Balaban J connectivity index is 2.58. The van der Waals surface area contributed by atoms with E-state index in [1.807, 2.05) is 0 Å². The van der Waals surface area contributed by atoms with Gasteiger partial charge < -0.3 is 15.0 Å². The topological polar surface area (TPSA) is 75.7 Å². The van der Waals surface area contributed by atoms with E-state index in [-0.39, 0.29) is 47.6 Å². The Morgan fingerprint density at radius 1 is 1.22 bits per heavy atom. The van der Waals surface area contributed by atoms with Crippen molar-refractivity contribution in [3.05, 3.63) is 46.8 Å². The van der Waals surface area contributed by atoms with Crippen molar-refractivity contribution < 1.29 is 19.1 Å². The highest BCUT2D eigenvalue weighted by atomic mass is 35.5. The summed E-state index contributed by atoms with van der Waals surface area (Å²) in [6, 6.07) is 6.53. The minimum Gasteiger partial charge on any atom is -0.383 e. The van der Waals surface area contributed by atoms with Crippen molar-refractivity contribution in [3.8, 4) is 0 Å². The second-order valence-electron chi connectivity index (χ2n) is 4.85. The summed E-state index contributed by atoms with van der Waals surface area (Å²) >= 11 is 5.65. The van der Waals surface area contributed by atoms with Gasteiger partial charge in [-0.2, -0.15) is 0 Å². The highest BCUT2D eigenvalue weighted by molar-refractivity contribution is 6.30. The summed E-state index contributed by atoms with van der Waals surface area (Å²) in [5.41, 5.74) is 0.689. The first-order valence-electron chi connectivity index (χ1n) is 7.02. The van der Waals surface area contributed by atoms with Crippen molar-refractivity contribution in [1.82, 2.24) is 10.2 Å². The molecule has 0 aromatic heterocycles. The van der Waals surface area contributed by atoms with E-state index in [0.29, 0.717) is 5.56 Å². The minimum absolute atomic E-state index is 0.0129. The summed E-state index contributed by atoms with van der Waals surface area (Å²) in [6.07, 6.45) is 0. The van der Waals surface area contributed by atoms with Crippen LogP contribution in [0.4, 0.5) is 0 Å². The molecule has 0 heterocycles. The van der Waals surface area contributed by atoms with E-state index >= 15 is 0 Å². The molecule has 23 heavy (non-hydrogen) atoms. The molecule has 0 bridgehead atoms. The summed E-state index contributed by atoms with van der Waals surface area (Å²) in [4.78, 5) is 38.8. The van der Waals surface area contributed by atoms with Gasteiger partial charge in [-0.1, -0.05) is 24.3 Å². The average molecular weight is 337 g/mol. The highest BCUT2D eigenvalue weighted by Crippen LogP contribution is 2.27. The number of hydrogen-bond donors (Lipinski definition) is 1. The summed E-state index contributed by atoms with van der Waals surface area (Å²) in [7, 11) is 3.02. The Morgan fingerprint density at radius 2 is 1.83 bits per heavy atom. The van der Waals surface area contributed by atoms with E-state index in [1.165, 1.54) is 19.1 Å². The van der Waals surface area contributed by atoms with Crippen molar-refractivity contribution in [2.75, 3.05) is 33.2 Å². The molecule has 0 saturated carbocycles. The number of benzene rings is 1. The van der Waals surface area contributed by atoms with Crippen LogP contribution in [-0.4, -0.2) is 55.6 Å². The van der Waals surface area contributed by atoms with Crippen molar-refractivity contribution in [2.24, 2.45) is 0 Å². The molecule has 0 unspecified atom stereocenters. The molecule has 6 nitrogen and oxygen atoms in total. The number of ether oxygens (including phenoxy) is 1. The first-order valence-corrected chi connectivity index (χ1v) is 7.56. The number of halogens is 1. The van der Waals surface area contributed by atoms with Gasteiger partial charge in [0, 0.05) is 31.8 Å². The number of nitrogens with one attached hydrogen (secondary N) is 1. The largest absolute Gasteiger partial charge is 0.383 e. The lowest BCUT2D eigenvalue weighted by atomic mass is 9.89. The summed E-state index contributed by atoms with van der Waals surface area (Å²) in [6.45, 7) is 0.343. The Bertz CT molecular complexity index is 684. The van der Waals surface area contributed by atoms with Crippen LogP contribution in [0.5, 0.6) is 0 Å². The first-order chi connectivity index (χ1) is 11.1. The summed E-state index contributed by atoms with van der Waals surface area (Å²) in [5.74, 6) is -1.48. The van der Waals surface area contributed by atoms with Crippen LogP contribution in [0.2, 0.25) is 0 Å². The number of methoxy groups -OCH3 is 1. The fourth-order valence-electron chi connectivity index (χ4n) is 2.47. The van der Waals surface area contributed by atoms with Crippen LogP contribution in [0.1, 0.15) is 20.7 Å². The highest BCUT2D eigenvalue weighted by Gasteiger charge is 2.36. The number of allylic oxidation sites excluding steroid dienone is 2. The van der Waals surface area contributed by atoms with Gasteiger partial charge >= 0.3 is 0 Å². The molecule has 1 aliphatic carbocycles. The van der Waals surface area contributed by atoms with E-state index in [1.54, 1.807) is 24.3 Å². The van der Waals surface area contributed by atoms with Gasteiger partial charge in [0.05, 0.1) is 6.61 Å². The number of fused-ring (bicyclic) bond motifs is 1. The van der Waals surface area contributed by atoms with E-state index in [4.69, 9.17) is 16.3 Å². The Labute approximate surface area is 139 Å². The molecule has 2 rings (SSSR count). The second-order valence-corrected chi connectivity index (χ2v) is 5.12. The fourth-order valence-corrected chi connectivity index (χ4v) is 2.61. The van der Waals surface area contributed by atoms with E-state index in [9.17, 15) is 14.4 Å². The molecule has 1 aromatic rings. The van der Waals surface area contributed by atoms with Gasteiger partial charge in [-0.3, -0.25) is 14.4 Å². The lowest BCUT2D eigenvalue weighted by Crippen LogP contribution is -2.42. The third kappa shape index (κ3) is 3.13. The zero-order valence-corrected chi connectivity index (χ0v) is 13.6. The number of alkyl halides is 1. The van der Waals surface area contributed by atoms with Crippen molar-refractivity contribution >= 4 is 29.1 Å². The first kappa shape index (κ1) is 17.2. The SMILES string of the molecule is CNC1=C(N(CCOC)C(=O)CCl)C(=O)c2ccccc2C1=O. The molecule has 1 aliphatic rings. The number of hydrogen-bond acceptors (Lipinski definition) is 5. The van der Waals surface area contributed by atoms with Gasteiger partial charge in [0.25, 0.3) is 0 Å². The molecule has 0 radical (unpaired) electrons. The lowest BCUT2D eigenvalue weighted by Gasteiger charge is -2.29. The summed E-state index contributed by atoms with van der Waals surface area (Å²) < 4.78 is 4.98. The van der Waals surface area contributed by atoms with Crippen LogP contribution in [0.3, 0.4) is 0 Å². The average Bonchev–Trinajstić information content (AvgIpc) is 2.59. The quantitative estimate of drug-likeness (QED) is 0.790. The molecule has 0 atom stereocenters. The molecule has 1 aromatic carbocycles. The third-order valence-electron chi connectivity index (χ3n) is 3.55. The van der Waals surface area contributed by atoms with Crippen molar-refractivity contribution in [3.63, 3.8) is 0 Å². The number of Topliss-reactive ketones (excluding diaryl/α,β-unsaturated/α-hetero) is 2. The maximum absolute atomic E-state index is 12.8. The fraction of sp³-hybridized carbons (Fsp3) is 0.312. The Morgan fingerprint density at radius 3 is 2.35 bits per heavy atom. The third-order valence-corrected chi connectivity index (χ3v) is 3.78. The molecule has 0 saturated heterocycles. The van der Waals surface area contributed by atoms with Gasteiger partial charge in [0.1, 0.15) is 17.3 Å². The van der Waals surface area contributed by atoms with Crippen LogP contribution in [-0.2, 0) is 9.53 Å². The zero-order chi connectivity index (χ0) is 17.0. The van der Waals surface area contributed by atoms with E-state index in [2.05, 4.69) is 5.32 Å². The molecule has 0 fully saturated rings. The normalized spacial score (nSPS) is 13.9. The monoisotopic (exact) mass is 336 g/mol. The molecule has 1 amide bonds. The van der Waals surface area contributed by atoms with E-state index in [0.717, 1.165) is 0 Å². The number of amides is 1. The van der Waals surface area contributed by atoms with Crippen LogP contribution >= 0.6 is 11.6 Å². The van der Waals surface area contributed by atoms with Gasteiger partial charge in [0.2, 0.25) is 17.5 Å². The van der Waals surface area contributed by atoms with Gasteiger partial charge in [-0.05, 0) is 0 Å². The van der Waals surface area contributed by atoms with Gasteiger partial charge in [-0.25, -0.2) is 0 Å². The van der Waals surface area contributed by atoms with Crippen LogP contribution in [0.25, 0.3) is 0 Å². The van der Waals surface area contributed by atoms with Crippen molar-refractivity contribution in [1.29, 1.82) is 0 Å². The minimum atomic E-state index is -0.466. The maximum atomic E-state index is 12.8. The number of carbonyl (C=O) groups is 3. The Hall–Kier alpha value is -2.18. The van der Waals surface area contributed by atoms with Crippen LogP contribution in [0.15, 0.2) is 35.7 Å². The maximum Gasteiger partial charge on any atom is 0.242 e. The standard InChI is InChI=1S/C16H17ClN2O4/c1-18-13-14(19(7-8-23-2)12(20)9-17)16(22)11-6-4-3-5-10(11)15(13)21/h3-6,18H,7-9H2,1-2H3. The molecule has 0 spiro atoms. The van der Waals surface area contributed by atoms with Crippen LogP contribution < -0.4 is 5.32 Å². The van der Waals surface area contributed by atoms with Gasteiger partial charge in [0.15, 0.2) is 0 Å². The predicted molar refractivity (Wildman–Crippen MR) is 85.5 cm³/mol. The number of ketones is 2. The molecule has 7 heteroatoms. The Kier molecular flexibility index (Phi) is 5.52. The van der Waals surface area contributed by atoms with E-state index < -0.39 is 5.91 Å². The number of likely N-dealkylation sites (N-methyl/N-ethyl adjacent to an activating group) is 1. The zero-order valence-electron chi connectivity index (χ0n) is 12.9. The molecular formula is C16H17ClN2O4. The molecular weight excluding hydrogens is 320 g/mol. The smallest absolute Gasteiger partial charge is 0.242 e. The predicted octanol–water partition coefficient (Wildman–Crippen LogP) is 1.21.